The lowest BCUT2D eigenvalue weighted by Gasteiger charge is -2.33. The molecule has 0 aromatic carbocycles. The second-order valence-corrected chi connectivity index (χ2v) is 17.3. The average Bonchev–Trinajstić information content (AvgIpc) is 3.80. The van der Waals surface area contributed by atoms with Gasteiger partial charge in [-0.3, -0.25) is 0 Å². The van der Waals surface area contributed by atoms with Crippen LogP contribution in [0.25, 0.3) is 0 Å². The second-order valence-electron chi connectivity index (χ2n) is 17.3. The van der Waals surface area contributed by atoms with E-state index in [1.807, 2.05) is 102 Å². The number of amides is 4. The van der Waals surface area contributed by atoms with E-state index in [0.717, 1.165) is 25.7 Å². The molecule has 2 rings (SSSR count). The molecular weight excluding hydrogens is 628 g/mol. The van der Waals surface area contributed by atoms with Crippen LogP contribution >= 0.6 is 0 Å². The lowest BCUT2D eigenvalue weighted by molar-refractivity contribution is 0.0116. The third-order valence-corrected chi connectivity index (χ3v) is 7.40. The van der Waals surface area contributed by atoms with Gasteiger partial charge >= 0.3 is 24.4 Å². The first-order valence-corrected chi connectivity index (χ1v) is 18.0. The minimum atomic E-state index is -0.678. The number of rotatable bonds is 14. The topological polar surface area (TPSA) is 118 Å². The molecule has 0 bridgehead atoms. The van der Waals surface area contributed by atoms with E-state index in [4.69, 9.17) is 18.9 Å². The molecule has 1 atom stereocenters. The fourth-order valence-corrected chi connectivity index (χ4v) is 4.97. The van der Waals surface area contributed by atoms with Crippen molar-refractivity contribution in [2.24, 2.45) is 0 Å². The maximum atomic E-state index is 13.2. The molecule has 0 heterocycles. The fraction of sp³-hybridized carbons (Fsp3) is 0.838. The van der Waals surface area contributed by atoms with Gasteiger partial charge in [-0.1, -0.05) is 12.2 Å². The summed E-state index contributed by atoms with van der Waals surface area (Å²) in [5.74, 6) is 0. The summed E-state index contributed by atoms with van der Waals surface area (Å²) in [6.45, 7) is 25.8. The van der Waals surface area contributed by atoms with E-state index in [1.165, 1.54) is 0 Å². The molecule has 2 aliphatic carbocycles. The number of ether oxygens (including phenoxy) is 4. The van der Waals surface area contributed by atoms with Gasteiger partial charge in [0.25, 0.3) is 0 Å². The smallest absolute Gasteiger partial charge is 0.410 e. The zero-order valence-corrected chi connectivity index (χ0v) is 32.7. The first-order chi connectivity index (χ1) is 22.3. The predicted molar refractivity (Wildman–Crippen MR) is 191 cm³/mol. The van der Waals surface area contributed by atoms with Gasteiger partial charge < -0.3 is 38.5 Å². The van der Waals surface area contributed by atoms with E-state index in [9.17, 15) is 19.2 Å². The summed E-state index contributed by atoms with van der Waals surface area (Å²) >= 11 is 0. The van der Waals surface area contributed by atoms with Gasteiger partial charge in [0.2, 0.25) is 0 Å². The number of hydrogen-bond donors (Lipinski definition) is 0. The Hall–Kier alpha value is -3.18. The van der Waals surface area contributed by atoms with Crippen LogP contribution in [0.5, 0.6) is 0 Å². The van der Waals surface area contributed by atoms with Gasteiger partial charge in [0.05, 0.1) is 0 Å². The van der Waals surface area contributed by atoms with Crippen LogP contribution in [-0.4, -0.2) is 117 Å². The zero-order chi connectivity index (χ0) is 37.4. The van der Waals surface area contributed by atoms with Gasteiger partial charge in [0, 0.05) is 50.8 Å². The highest BCUT2D eigenvalue weighted by atomic mass is 16.6. The van der Waals surface area contributed by atoms with Crippen LogP contribution in [-0.2, 0) is 18.9 Å². The number of carbonyl (C=O) groups excluding carboxylic acids is 4. The summed E-state index contributed by atoms with van der Waals surface area (Å²) in [6.07, 6.45) is 6.99. The van der Waals surface area contributed by atoms with Crippen LogP contribution in [0.2, 0.25) is 0 Å². The van der Waals surface area contributed by atoms with Gasteiger partial charge in [0.15, 0.2) is 0 Å². The van der Waals surface area contributed by atoms with Crippen LogP contribution in [0, 0.1) is 0 Å². The summed E-state index contributed by atoms with van der Waals surface area (Å²) < 4.78 is 22.7. The predicted octanol–water partition coefficient (Wildman–Crippen LogP) is 7.98. The average molecular weight is 695 g/mol. The van der Waals surface area contributed by atoms with E-state index < -0.39 is 34.6 Å². The molecule has 12 heteroatoms. The molecule has 282 valence electrons. The van der Waals surface area contributed by atoms with Crippen molar-refractivity contribution in [3.8, 4) is 0 Å². The van der Waals surface area contributed by atoms with E-state index in [1.54, 1.807) is 19.6 Å². The Kier molecular flexibility index (Phi) is 14.7. The van der Waals surface area contributed by atoms with Crippen LogP contribution in [0.1, 0.15) is 129 Å². The summed E-state index contributed by atoms with van der Waals surface area (Å²) in [5, 5.41) is 0. The Morgan fingerprint density at radius 3 is 1.37 bits per heavy atom. The first-order valence-electron chi connectivity index (χ1n) is 18.0. The summed E-state index contributed by atoms with van der Waals surface area (Å²) in [6, 6.07) is 0.181. The van der Waals surface area contributed by atoms with Crippen LogP contribution in [0.4, 0.5) is 19.2 Å². The van der Waals surface area contributed by atoms with Crippen molar-refractivity contribution in [3.05, 3.63) is 12.2 Å². The van der Waals surface area contributed by atoms with E-state index >= 15 is 0 Å². The first kappa shape index (κ1) is 42.0. The molecule has 49 heavy (non-hydrogen) atoms. The lowest BCUT2D eigenvalue weighted by Crippen LogP contribution is -2.45. The highest BCUT2D eigenvalue weighted by Gasteiger charge is 2.39. The molecule has 0 radical (unpaired) electrons. The molecule has 0 aliphatic heterocycles. The van der Waals surface area contributed by atoms with Crippen LogP contribution in [0.3, 0.4) is 0 Å². The normalized spacial score (nSPS) is 16.1. The Labute approximate surface area is 295 Å². The maximum Gasteiger partial charge on any atom is 0.410 e. The summed E-state index contributed by atoms with van der Waals surface area (Å²) in [5.41, 5.74) is -2.54. The van der Waals surface area contributed by atoms with E-state index in [-0.39, 0.29) is 43.4 Å². The fourth-order valence-electron chi connectivity index (χ4n) is 4.97. The molecule has 2 saturated carbocycles. The summed E-state index contributed by atoms with van der Waals surface area (Å²) in [7, 11) is 0. The number of carbonyl (C=O) groups is 4. The van der Waals surface area contributed by atoms with Crippen molar-refractivity contribution >= 4 is 24.4 Å². The SMILES string of the molecule is CC(CCN(CC=CCN(CCCN(C(=O)OC(C)(C)C)C1CC1)C(=O)OC(C)(C)C)C(=O)OC(C)(C)C)N(C(=O)OC(C)(C)C)C1CC1. The quantitative estimate of drug-likeness (QED) is 0.133. The third kappa shape index (κ3) is 17.4. The van der Waals surface area contributed by atoms with Crippen molar-refractivity contribution in [3.63, 3.8) is 0 Å². The molecule has 2 fully saturated rings. The molecule has 0 saturated heterocycles. The van der Waals surface area contributed by atoms with Crippen molar-refractivity contribution in [1.29, 1.82) is 0 Å². The molecule has 0 spiro atoms. The van der Waals surface area contributed by atoms with Gasteiger partial charge in [-0.15, -0.1) is 0 Å². The van der Waals surface area contributed by atoms with Crippen LogP contribution < -0.4 is 0 Å². The zero-order valence-electron chi connectivity index (χ0n) is 32.7. The largest absolute Gasteiger partial charge is 0.444 e. The molecule has 1 unspecified atom stereocenters. The van der Waals surface area contributed by atoms with Gasteiger partial charge in [0.1, 0.15) is 22.4 Å². The van der Waals surface area contributed by atoms with E-state index in [0.29, 0.717) is 32.5 Å². The van der Waals surface area contributed by atoms with Crippen molar-refractivity contribution in [2.45, 2.75) is 169 Å². The highest BCUT2D eigenvalue weighted by Crippen LogP contribution is 2.31. The Morgan fingerprint density at radius 2 is 0.959 bits per heavy atom. The molecule has 2 aliphatic rings. The minimum Gasteiger partial charge on any atom is -0.444 e. The number of nitrogens with zero attached hydrogens (tertiary/aromatic N) is 4. The van der Waals surface area contributed by atoms with Crippen molar-refractivity contribution < 1.29 is 38.1 Å². The maximum absolute atomic E-state index is 13.2. The monoisotopic (exact) mass is 694 g/mol. The second kappa shape index (κ2) is 17.2. The lowest BCUT2D eigenvalue weighted by atomic mass is 10.2. The van der Waals surface area contributed by atoms with Crippen molar-refractivity contribution in [1.82, 2.24) is 19.6 Å². The van der Waals surface area contributed by atoms with Gasteiger partial charge in [-0.25, -0.2) is 19.2 Å². The molecule has 4 amide bonds. The molecule has 12 nitrogen and oxygen atoms in total. The molecule has 0 aromatic heterocycles. The standard InChI is InChI=1S/C37H66N4O8/c1-27(41(29-19-20-29)33(45)49-37(11,12)13)21-26-39(31(43)47-35(5,6)7)23-15-14-22-38(30(42)46-34(2,3)4)24-16-25-40(28-17-18-28)32(44)48-36(8,9)10/h14-15,27-29H,16-26H2,1-13H3. The van der Waals surface area contributed by atoms with Crippen molar-refractivity contribution in [2.75, 3.05) is 32.7 Å². The Morgan fingerprint density at radius 1 is 0.571 bits per heavy atom. The Balaban J connectivity index is 2.10. The minimum absolute atomic E-state index is 0.144. The third-order valence-electron chi connectivity index (χ3n) is 7.40. The summed E-state index contributed by atoms with van der Waals surface area (Å²) in [4.78, 5) is 59.1. The molecular formula is C37H66N4O8. The van der Waals surface area contributed by atoms with Gasteiger partial charge in [-0.2, -0.15) is 0 Å². The number of hydrogen-bond acceptors (Lipinski definition) is 8. The molecule has 0 aromatic rings. The Bertz CT molecular complexity index is 1140. The van der Waals surface area contributed by atoms with E-state index in [2.05, 4.69) is 0 Å². The highest BCUT2D eigenvalue weighted by molar-refractivity contribution is 5.70. The molecule has 0 N–H and O–H groups in total. The van der Waals surface area contributed by atoms with Crippen LogP contribution in [0.15, 0.2) is 12.2 Å². The van der Waals surface area contributed by atoms with Gasteiger partial charge in [-0.05, 0) is 129 Å².